The van der Waals surface area contributed by atoms with E-state index in [-0.39, 0.29) is 38.7 Å². The van der Waals surface area contributed by atoms with Gasteiger partial charge in [-0.2, -0.15) is 0 Å². The number of nitrogens with zero attached hydrogens (tertiary/aromatic N) is 2. The number of ether oxygens (including phenoxy) is 1. The summed E-state index contributed by atoms with van der Waals surface area (Å²) in [7, 11) is 1.43. The third-order valence-corrected chi connectivity index (χ3v) is 6.26. The molecule has 0 bridgehead atoms. The van der Waals surface area contributed by atoms with Crippen LogP contribution in [0.1, 0.15) is 42.9 Å². The quantitative estimate of drug-likeness (QED) is 0.415. The number of hydrogen-bond donors (Lipinski definition) is 1. The molecule has 1 amide bonds. The highest BCUT2D eigenvalue weighted by Gasteiger charge is 2.49. The summed E-state index contributed by atoms with van der Waals surface area (Å²) >= 11 is 12.4. The first kappa shape index (κ1) is 20.7. The van der Waals surface area contributed by atoms with Gasteiger partial charge in [0.15, 0.2) is 5.75 Å². The average molecular weight is 447 g/mol. The van der Waals surface area contributed by atoms with Crippen LogP contribution in [0.15, 0.2) is 42.2 Å². The maximum absolute atomic E-state index is 13.0. The number of methoxy groups -OCH3 is 1. The van der Waals surface area contributed by atoms with Gasteiger partial charge in [-0.3, -0.25) is 14.6 Å². The van der Waals surface area contributed by atoms with Gasteiger partial charge in [-0.05, 0) is 42.7 Å². The van der Waals surface area contributed by atoms with Gasteiger partial charge in [0.1, 0.15) is 5.76 Å². The van der Waals surface area contributed by atoms with E-state index < -0.39 is 17.7 Å². The van der Waals surface area contributed by atoms with Crippen molar-refractivity contribution in [2.75, 3.05) is 7.11 Å². The topological polar surface area (TPSA) is 79.7 Å². The number of carbonyl (C=O) groups is 2. The molecule has 2 aromatic rings. The third-order valence-electron chi connectivity index (χ3n) is 5.70. The van der Waals surface area contributed by atoms with E-state index in [1.54, 1.807) is 29.4 Å². The summed E-state index contributed by atoms with van der Waals surface area (Å²) in [5.41, 5.74) is 0.980. The van der Waals surface area contributed by atoms with Gasteiger partial charge < -0.3 is 14.7 Å². The minimum atomic E-state index is -0.718. The lowest BCUT2D eigenvalue weighted by Crippen LogP contribution is -2.37. The standard InChI is InChI=1S/C22H20Cl2N2O4/c1-30-21-15(23)10-13(11-16(21)24)19(27)17-18(12-6-8-25-9-7-12)26(22(29)20(17)28)14-4-2-3-5-14/h6-11,14,18,27H,2-5H2,1H3/b19-17+. The van der Waals surface area contributed by atoms with Crippen LogP contribution in [0, 0.1) is 0 Å². The Kier molecular flexibility index (Phi) is 5.71. The molecule has 2 fully saturated rings. The number of hydrogen-bond acceptors (Lipinski definition) is 5. The molecule has 1 atom stereocenters. The molecular weight excluding hydrogens is 427 g/mol. The van der Waals surface area contributed by atoms with Crippen LogP contribution in [0.3, 0.4) is 0 Å². The van der Waals surface area contributed by atoms with Crippen molar-refractivity contribution in [2.45, 2.75) is 37.8 Å². The molecule has 2 aliphatic rings. The molecule has 2 heterocycles. The number of rotatable bonds is 4. The van der Waals surface area contributed by atoms with E-state index in [9.17, 15) is 14.7 Å². The average Bonchev–Trinajstić information content (AvgIpc) is 3.35. The van der Waals surface area contributed by atoms with Crippen molar-refractivity contribution >= 4 is 40.7 Å². The lowest BCUT2D eigenvalue weighted by atomic mass is 9.95. The van der Waals surface area contributed by atoms with E-state index >= 15 is 0 Å². The summed E-state index contributed by atoms with van der Waals surface area (Å²) in [5, 5.41) is 11.5. The number of likely N-dealkylation sites (tertiary alicyclic amines) is 1. The Bertz CT molecular complexity index is 1010. The summed E-state index contributed by atoms with van der Waals surface area (Å²) in [6.07, 6.45) is 6.86. The van der Waals surface area contributed by atoms with Gasteiger partial charge in [-0.1, -0.05) is 36.0 Å². The van der Waals surface area contributed by atoms with Crippen molar-refractivity contribution in [1.82, 2.24) is 9.88 Å². The Morgan fingerprint density at radius 1 is 1.13 bits per heavy atom. The molecule has 0 spiro atoms. The molecule has 1 aliphatic carbocycles. The molecule has 0 radical (unpaired) electrons. The molecule has 1 saturated heterocycles. The van der Waals surface area contributed by atoms with Gasteiger partial charge in [-0.25, -0.2) is 0 Å². The fraction of sp³-hybridized carbons (Fsp3) is 0.318. The third kappa shape index (κ3) is 3.44. The summed E-state index contributed by atoms with van der Waals surface area (Å²) in [6, 6.07) is 5.69. The SMILES string of the molecule is COc1c(Cl)cc(/C(O)=C2\C(=O)C(=O)N(C3CCCC3)C2c2ccncc2)cc1Cl. The van der Waals surface area contributed by atoms with Crippen LogP contribution < -0.4 is 4.74 Å². The fourth-order valence-electron chi connectivity index (χ4n) is 4.33. The first-order chi connectivity index (χ1) is 14.4. The summed E-state index contributed by atoms with van der Waals surface area (Å²) in [5.74, 6) is -1.37. The van der Waals surface area contributed by atoms with Gasteiger partial charge in [0, 0.05) is 24.0 Å². The van der Waals surface area contributed by atoms with Crippen molar-refractivity contribution < 1.29 is 19.4 Å². The lowest BCUT2D eigenvalue weighted by Gasteiger charge is -2.30. The highest BCUT2D eigenvalue weighted by molar-refractivity contribution is 6.47. The van der Waals surface area contributed by atoms with Gasteiger partial charge in [0.2, 0.25) is 0 Å². The van der Waals surface area contributed by atoms with Crippen LogP contribution >= 0.6 is 23.2 Å². The van der Waals surface area contributed by atoms with E-state index in [1.807, 2.05) is 0 Å². The minimum absolute atomic E-state index is 0.0235. The molecule has 6 nitrogen and oxygen atoms in total. The number of aromatic nitrogens is 1. The van der Waals surface area contributed by atoms with Crippen LogP contribution in [0.25, 0.3) is 5.76 Å². The Morgan fingerprint density at radius 2 is 1.73 bits per heavy atom. The number of aliphatic hydroxyl groups excluding tert-OH is 1. The number of pyridine rings is 1. The Hall–Kier alpha value is -2.57. The van der Waals surface area contributed by atoms with Crippen molar-refractivity contribution in [2.24, 2.45) is 0 Å². The first-order valence-corrected chi connectivity index (χ1v) is 10.4. The van der Waals surface area contributed by atoms with E-state index in [0.717, 1.165) is 25.7 Å². The maximum atomic E-state index is 13.0. The minimum Gasteiger partial charge on any atom is -0.507 e. The lowest BCUT2D eigenvalue weighted by molar-refractivity contribution is -0.141. The predicted octanol–water partition coefficient (Wildman–Crippen LogP) is 4.76. The van der Waals surface area contributed by atoms with Crippen molar-refractivity contribution in [3.05, 3.63) is 63.4 Å². The van der Waals surface area contributed by atoms with Gasteiger partial charge in [-0.15, -0.1) is 0 Å². The number of Topliss-reactive ketones (excluding diaryl/α,β-unsaturated/α-hetero) is 1. The van der Waals surface area contributed by atoms with E-state index in [1.165, 1.54) is 19.2 Å². The number of aliphatic hydroxyl groups is 1. The zero-order valence-electron chi connectivity index (χ0n) is 16.3. The van der Waals surface area contributed by atoms with Gasteiger partial charge in [0.05, 0.1) is 28.8 Å². The van der Waals surface area contributed by atoms with E-state index in [4.69, 9.17) is 27.9 Å². The smallest absolute Gasteiger partial charge is 0.295 e. The van der Waals surface area contributed by atoms with E-state index in [0.29, 0.717) is 5.56 Å². The number of halogens is 2. The molecule has 8 heteroatoms. The number of carbonyl (C=O) groups excluding carboxylic acids is 2. The van der Waals surface area contributed by atoms with Crippen LogP contribution in [0.5, 0.6) is 5.75 Å². The molecule has 1 N–H and O–H groups in total. The second kappa shape index (κ2) is 8.28. The fourth-order valence-corrected chi connectivity index (χ4v) is 4.97. The normalized spacial score (nSPS) is 21.4. The maximum Gasteiger partial charge on any atom is 0.295 e. The number of ketones is 1. The summed E-state index contributed by atoms with van der Waals surface area (Å²) < 4.78 is 5.15. The van der Waals surface area contributed by atoms with Gasteiger partial charge in [0.25, 0.3) is 11.7 Å². The van der Waals surface area contributed by atoms with Gasteiger partial charge >= 0.3 is 0 Å². The number of benzene rings is 1. The molecule has 1 aromatic heterocycles. The molecule has 1 aromatic carbocycles. The first-order valence-electron chi connectivity index (χ1n) is 9.67. The van der Waals surface area contributed by atoms with Crippen LogP contribution in [-0.4, -0.2) is 39.8 Å². The zero-order valence-corrected chi connectivity index (χ0v) is 17.8. The molecule has 4 rings (SSSR count). The Morgan fingerprint density at radius 3 is 2.30 bits per heavy atom. The second-order valence-electron chi connectivity index (χ2n) is 7.40. The second-order valence-corrected chi connectivity index (χ2v) is 8.21. The van der Waals surface area contributed by atoms with Crippen molar-refractivity contribution in [3.8, 4) is 5.75 Å². The summed E-state index contributed by atoms with van der Waals surface area (Å²) in [6.45, 7) is 0. The summed E-state index contributed by atoms with van der Waals surface area (Å²) in [4.78, 5) is 31.7. The van der Waals surface area contributed by atoms with Crippen molar-refractivity contribution in [1.29, 1.82) is 0 Å². The monoisotopic (exact) mass is 446 g/mol. The molecule has 30 heavy (non-hydrogen) atoms. The molecule has 156 valence electrons. The predicted molar refractivity (Wildman–Crippen MR) is 114 cm³/mol. The van der Waals surface area contributed by atoms with E-state index in [2.05, 4.69) is 4.98 Å². The van der Waals surface area contributed by atoms with Crippen LogP contribution in [0.4, 0.5) is 0 Å². The highest BCUT2D eigenvalue weighted by atomic mass is 35.5. The number of amides is 1. The molecule has 1 saturated carbocycles. The molecule has 1 aliphatic heterocycles. The molecule has 1 unspecified atom stereocenters. The zero-order chi connectivity index (χ0) is 21.4. The molecular formula is C22H20Cl2N2O4. The Labute approximate surface area is 184 Å². The largest absolute Gasteiger partial charge is 0.507 e. The Balaban J connectivity index is 1.89. The van der Waals surface area contributed by atoms with Crippen molar-refractivity contribution in [3.63, 3.8) is 0 Å². The van der Waals surface area contributed by atoms with Crippen LogP contribution in [-0.2, 0) is 9.59 Å². The van der Waals surface area contributed by atoms with Crippen LogP contribution in [0.2, 0.25) is 10.0 Å². The highest BCUT2D eigenvalue weighted by Crippen LogP contribution is 2.44.